The summed E-state index contributed by atoms with van der Waals surface area (Å²) in [5.41, 5.74) is 3.83. The lowest BCUT2D eigenvalue weighted by atomic mass is 10.1. The summed E-state index contributed by atoms with van der Waals surface area (Å²) in [4.78, 5) is 0. The molecule has 0 fully saturated rings. The summed E-state index contributed by atoms with van der Waals surface area (Å²) in [7, 11) is 0. The fourth-order valence-electron chi connectivity index (χ4n) is 1.22. The highest BCUT2D eigenvalue weighted by Crippen LogP contribution is 2.11. The molecule has 0 radical (unpaired) electrons. The Morgan fingerprint density at radius 2 is 2.08 bits per heavy atom. The molecule has 1 aromatic rings. The summed E-state index contributed by atoms with van der Waals surface area (Å²) >= 11 is 0. The average molecular weight is 173 g/mol. The number of rotatable bonds is 3. The fraction of sp³-hybridized carbons (Fsp3) is 0.167. The van der Waals surface area contributed by atoms with Crippen LogP contribution in [0.4, 0.5) is 0 Å². The second kappa shape index (κ2) is 4.51. The van der Waals surface area contributed by atoms with Crippen LogP contribution in [0.2, 0.25) is 0 Å². The van der Waals surface area contributed by atoms with E-state index in [1.165, 1.54) is 16.7 Å². The van der Waals surface area contributed by atoms with Gasteiger partial charge in [-0.2, -0.15) is 0 Å². The van der Waals surface area contributed by atoms with Gasteiger partial charge in [-0.25, -0.2) is 0 Å². The Morgan fingerprint density at radius 3 is 2.69 bits per heavy atom. The first kappa shape index (κ1) is 9.59. The van der Waals surface area contributed by atoms with Crippen LogP contribution in [-0.4, -0.2) is 0 Å². The predicted octanol–water partition coefficient (Wildman–Crippen LogP) is 3.01. The van der Waals surface area contributed by atoms with Crippen molar-refractivity contribution in [2.24, 2.45) is 0 Å². The number of hydrogen-bond donors (Lipinski definition) is 1. The van der Waals surface area contributed by atoms with Gasteiger partial charge in [-0.05, 0) is 37.3 Å². The highest BCUT2D eigenvalue weighted by Gasteiger charge is 1.92. The number of aryl methyl sites for hydroxylation is 2. The summed E-state index contributed by atoms with van der Waals surface area (Å²) in [6.07, 6.45) is 5.57. The SMILES string of the molecule is C=CN/C=C\c1ccc(C)cc1C. The monoisotopic (exact) mass is 173 g/mol. The van der Waals surface area contributed by atoms with Crippen molar-refractivity contribution in [1.82, 2.24) is 5.32 Å². The van der Waals surface area contributed by atoms with E-state index < -0.39 is 0 Å². The maximum Gasteiger partial charge on any atom is 0.00103 e. The van der Waals surface area contributed by atoms with Crippen LogP contribution in [0.3, 0.4) is 0 Å². The standard InChI is InChI=1S/C12H15N/c1-4-13-8-7-12-6-5-10(2)9-11(12)3/h4-9,13H,1H2,2-3H3/b8-7-. The zero-order chi connectivity index (χ0) is 9.68. The lowest BCUT2D eigenvalue weighted by Crippen LogP contribution is -1.90. The van der Waals surface area contributed by atoms with E-state index in [0.29, 0.717) is 0 Å². The van der Waals surface area contributed by atoms with Gasteiger partial charge in [0.05, 0.1) is 0 Å². The summed E-state index contributed by atoms with van der Waals surface area (Å²) in [6.45, 7) is 7.78. The van der Waals surface area contributed by atoms with Crippen molar-refractivity contribution in [3.63, 3.8) is 0 Å². The van der Waals surface area contributed by atoms with Gasteiger partial charge in [0.25, 0.3) is 0 Å². The van der Waals surface area contributed by atoms with Gasteiger partial charge >= 0.3 is 0 Å². The number of benzene rings is 1. The van der Waals surface area contributed by atoms with E-state index in [-0.39, 0.29) is 0 Å². The van der Waals surface area contributed by atoms with Crippen LogP contribution in [0.1, 0.15) is 16.7 Å². The average Bonchev–Trinajstić information content (AvgIpc) is 2.09. The molecule has 0 aliphatic carbocycles. The molecule has 1 heteroatoms. The lowest BCUT2D eigenvalue weighted by molar-refractivity contribution is 1.21. The number of nitrogens with one attached hydrogen (secondary N) is 1. The van der Waals surface area contributed by atoms with Gasteiger partial charge in [0.15, 0.2) is 0 Å². The minimum Gasteiger partial charge on any atom is -0.368 e. The first-order chi connectivity index (χ1) is 6.24. The Morgan fingerprint density at radius 1 is 1.31 bits per heavy atom. The molecular weight excluding hydrogens is 158 g/mol. The molecule has 0 heterocycles. The van der Waals surface area contributed by atoms with Crippen LogP contribution < -0.4 is 5.32 Å². The van der Waals surface area contributed by atoms with E-state index in [4.69, 9.17) is 0 Å². The second-order valence-electron chi connectivity index (χ2n) is 3.06. The fourth-order valence-corrected chi connectivity index (χ4v) is 1.22. The third-order valence-corrected chi connectivity index (χ3v) is 1.90. The first-order valence-electron chi connectivity index (χ1n) is 4.35. The molecule has 13 heavy (non-hydrogen) atoms. The lowest BCUT2D eigenvalue weighted by Gasteiger charge is -2.01. The Kier molecular flexibility index (Phi) is 3.32. The normalized spacial score (nSPS) is 10.3. The van der Waals surface area contributed by atoms with Gasteiger partial charge in [-0.1, -0.05) is 30.3 Å². The molecule has 68 valence electrons. The molecule has 0 saturated heterocycles. The first-order valence-corrected chi connectivity index (χ1v) is 4.35. The molecule has 0 aliphatic rings. The largest absolute Gasteiger partial charge is 0.368 e. The smallest absolute Gasteiger partial charge is 0.00103 e. The van der Waals surface area contributed by atoms with Crippen molar-refractivity contribution in [2.75, 3.05) is 0 Å². The highest BCUT2D eigenvalue weighted by molar-refractivity contribution is 5.53. The molecule has 1 aromatic carbocycles. The van der Waals surface area contributed by atoms with E-state index in [9.17, 15) is 0 Å². The molecule has 0 spiro atoms. The highest BCUT2D eigenvalue weighted by atomic mass is 14.8. The molecule has 0 saturated carbocycles. The zero-order valence-electron chi connectivity index (χ0n) is 8.17. The van der Waals surface area contributed by atoms with Crippen LogP contribution in [0.15, 0.2) is 37.2 Å². The summed E-state index contributed by atoms with van der Waals surface area (Å²) in [6, 6.07) is 6.40. The van der Waals surface area contributed by atoms with E-state index in [2.05, 4.69) is 43.9 Å². The molecule has 1 rings (SSSR count). The molecule has 0 aliphatic heterocycles. The summed E-state index contributed by atoms with van der Waals surface area (Å²) in [5.74, 6) is 0. The second-order valence-corrected chi connectivity index (χ2v) is 3.06. The number of hydrogen-bond acceptors (Lipinski definition) is 1. The molecule has 1 nitrogen and oxygen atoms in total. The Labute approximate surface area is 79.8 Å². The van der Waals surface area contributed by atoms with Gasteiger partial charge in [-0.15, -0.1) is 0 Å². The quantitative estimate of drug-likeness (QED) is 0.741. The van der Waals surface area contributed by atoms with Crippen molar-refractivity contribution in [3.8, 4) is 0 Å². The van der Waals surface area contributed by atoms with Crippen molar-refractivity contribution < 1.29 is 0 Å². The van der Waals surface area contributed by atoms with Gasteiger partial charge in [-0.3, -0.25) is 0 Å². The minimum atomic E-state index is 1.24. The molecular formula is C12H15N. The van der Waals surface area contributed by atoms with Crippen LogP contribution in [0.25, 0.3) is 6.08 Å². The Bertz CT molecular complexity index is 324. The van der Waals surface area contributed by atoms with Crippen LogP contribution in [-0.2, 0) is 0 Å². The van der Waals surface area contributed by atoms with Crippen molar-refractivity contribution in [3.05, 3.63) is 53.9 Å². The minimum absolute atomic E-state index is 1.24. The van der Waals surface area contributed by atoms with Gasteiger partial charge in [0, 0.05) is 6.20 Å². The third kappa shape index (κ3) is 2.79. The topological polar surface area (TPSA) is 12.0 Å². The molecule has 0 bridgehead atoms. The van der Waals surface area contributed by atoms with E-state index >= 15 is 0 Å². The van der Waals surface area contributed by atoms with Crippen molar-refractivity contribution in [1.29, 1.82) is 0 Å². The van der Waals surface area contributed by atoms with E-state index in [1.807, 2.05) is 12.3 Å². The summed E-state index contributed by atoms with van der Waals surface area (Å²) in [5, 5.41) is 2.92. The third-order valence-electron chi connectivity index (χ3n) is 1.90. The van der Waals surface area contributed by atoms with Gasteiger partial charge in [0.1, 0.15) is 0 Å². The molecule has 1 N–H and O–H groups in total. The Hall–Kier alpha value is -1.50. The molecule has 0 amide bonds. The van der Waals surface area contributed by atoms with Gasteiger partial charge in [0.2, 0.25) is 0 Å². The maximum atomic E-state index is 3.57. The Balaban J connectivity index is 2.83. The molecule has 0 unspecified atom stereocenters. The molecule has 0 atom stereocenters. The van der Waals surface area contributed by atoms with Crippen LogP contribution >= 0.6 is 0 Å². The van der Waals surface area contributed by atoms with E-state index in [0.717, 1.165) is 0 Å². The maximum absolute atomic E-state index is 3.57. The zero-order valence-corrected chi connectivity index (χ0v) is 8.17. The van der Waals surface area contributed by atoms with Gasteiger partial charge < -0.3 is 5.32 Å². The predicted molar refractivity (Wildman–Crippen MR) is 58.3 cm³/mol. The van der Waals surface area contributed by atoms with E-state index in [1.54, 1.807) is 6.20 Å². The summed E-state index contributed by atoms with van der Waals surface area (Å²) < 4.78 is 0. The van der Waals surface area contributed by atoms with Crippen molar-refractivity contribution >= 4 is 6.08 Å². The van der Waals surface area contributed by atoms with Crippen LogP contribution in [0, 0.1) is 13.8 Å². The van der Waals surface area contributed by atoms with Crippen LogP contribution in [0.5, 0.6) is 0 Å². The van der Waals surface area contributed by atoms with Crippen molar-refractivity contribution in [2.45, 2.75) is 13.8 Å². The molecule has 0 aromatic heterocycles.